The highest BCUT2D eigenvalue weighted by molar-refractivity contribution is 8.93. The smallest absolute Gasteiger partial charge is 0.0223 e. The molecular weight excluding hydrogens is 223 g/mol. The molecule has 0 aliphatic heterocycles. The van der Waals surface area contributed by atoms with Gasteiger partial charge < -0.3 is 0 Å². The Hall–Kier alpha value is 0.770. The SMILES string of the molecule is Br.CC(C)C.CCCCCCl. The molecule has 0 aromatic rings. The zero-order chi connectivity index (χ0) is 8.41. The molecule has 0 aromatic heterocycles. The van der Waals surface area contributed by atoms with E-state index in [1.807, 2.05) is 0 Å². The van der Waals surface area contributed by atoms with Gasteiger partial charge >= 0.3 is 0 Å². The van der Waals surface area contributed by atoms with Crippen LogP contribution in [0.5, 0.6) is 0 Å². The number of unbranched alkanes of at least 4 members (excludes halogenated alkanes) is 2. The van der Waals surface area contributed by atoms with Gasteiger partial charge in [0.15, 0.2) is 0 Å². The fourth-order valence-electron chi connectivity index (χ4n) is 0.344. The molecule has 0 rings (SSSR count). The summed E-state index contributed by atoms with van der Waals surface area (Å²) in [6, 6.07) is 0. The minimum absolute atomic E-state index is 0. The highest BCUT2D eigenvalue weighted by Gasteiger charge is 1.76. The summed E-state index contributed by atoms with van der Waals surface area (Å²) >= 11 is 5.38. The number of hydrogen-bond acceptors (Lipinski definition) is 0. The lowest BCUT2D eigenvalue weighted by Gasteiger charge is -1.84. The van der Waals surface area contributed by atoms with Gasteiger partial charge in [-0.05, 0) is 12.3 Å². The normalized spacial score (nSPS) is 8.18. The monoisotopic (exact) mass is 244 g/mol. The fourth-order valence-corrected chi connectivity index (χ4v) is 0.533. The van der Waals surface area contributed by atoms with Crippen LogP contribution in [0.3, 0.4) is 0 Å². The predicted molar refractivity (Wildman–Crippen MR) is 61.1 cm³/mol. The van der Waals surface area contributed by atoms with Crippen LogP contribution in [0.4, 0.5) is 0 Å². The van der Waals surface area contributed by atoms with Crippen LogP contribution in [-0.2, 0) is 0 Å². The zero-order valence-corrected chi connectivity index (χ0v) is 10.7. The van der Waals surface area contributed by atoms with Gasteiger partial charge in [0.2, 0.25) is 0 Å². The Bertz CT molecular complexity index is 40.1. The number of alkyl halides is 1. The highest BCUT2D eigenvalue weighted by Crippen LogP contribution is 1.93. The van der Waals surface area contributed by atoms with Crippen molar-refractivity contribution in [3.63, 3.8) is 0 Å². The van der Waals surface area contributed by atoms with Crippen LogP contribution in [-0.4, -0.2) is 5.88 Å². The van der Waals surface area contributed by atoms with Gasteiger partial charge in [-0.2, -0.15) is 0 Å². The standard InChI is InChI=1S/C5H11Cl.C4H10.BrH/c1-2-3-4-5-6;1-4(2)3;/h2-5H2,1H3;4H,1-3H3;1H. The second-order valence-corrected chi connectivity index (χ2v) is 3.51. The summed E-state index contributed by atoms with van der Waals surface area (Å²) in [5, 5.41) is 0. The Kier molecular flexibility index (Phi) is 27.5. The Morgan fingerprint density at radius 1 is 1.09 bits per heavy atom. The molecule has 0 unspecified atom stereocenters. The molecule has 0 aromatic carbocycles. The van der Waals surface area contributed by atoms with Gasteiger partial charge in [-0.25, -0.2) is 0 Å². The van der Waals surface area contributed by atoms with Gasteiger partial charge in [0, 0.05) is 5.88 Å². The van der Waals surface area contributed by atoms with Crippen molar-refractivity contribution in [3.8, 4) is 0 Å². The molecule has 0 aliphatic rings. The first kappa shape index (κ1) is 17.8. The summed E-state index contributed by atoms with van der Waals surface area (Å²) in [5.74, 6) is 1.66. The summed E-state index contributed by atoms with van der Waals surface area (Å²) in [6.45, 7) is 8.67. The van der Waals surface area contributed by atoms with E-state index < -0.39 is 0 Å². The van der Waals surface area contributed by atoms with E-state index in [1.54, 1.807) is 0 Å². The lowest BCUT2D eigenvalue weighted by atomic mass is 10.3. The first-order valence-electron chi connectivity index (χ1n) is 4.21. The topological polar surface area (TPSA) is 0 Å². The molecule has 0 amide bonds. The lowest BCUT2D eigenvalue weighted by molar-refractivity contribution is 0.737. The molecule has 2 heteroatoms. The molecule has 0 heterocycles. The molecule has 72 valence electrons. The third-order valence-corrected chi connectivity index (χ3v) is 1.00. The van der Waals surface area contributed by atoms with Crippen LogP contribution in [0, 0.1) is 5.92 Å². The van der Waals surface area contributed by atoms with E-state index in [2.05, 4.69) is 27.7 Å². The van der Waals surface area contributed by atoms with E-state index in [-0.39, 0.29) is 17.0 Å². The minimum atomic E-state index is 0. The van der Waals surface area contributed by atoms with Crippen LogP contribution in [0.15, 0.2) is 0 Å². The highest BCUT2D eigenvalue weighted by atomic mass is 79.9. The molecule has 0 saturated carbocycles. The van der Waals surface area contributed by atoms with E-state index in [1.165, 1.54) is 19.3 Å². The zero-order valence-electron chi connectivity index (χ0n) is 8.19. The fraction of sp³-hybridized carbons (Fsp3) is 1.00. The van der Waals surface area contributed by atoms with E-state index in [0.29, 0.717) is 0 Å². The summed E-state index contributed by atoms with van der Waals surface area (Å²) in [4.78, 5) is 0. The molecule has 0 N–H and O–H groups in total. The third-order valence-electron chi connectivity index (χ3n) is 0.737. The van der Waals surface area contributed by atoms with Crippen LogP contribution in [0.25, 0.3) is 0 Å². The first-order valence-corrected chi connectivity index (χ1v) is 4.74. The first-order chi connectivity index (χ1) is 4.65. The van der Waals surface area contributed by atoms with E-state index >= 15 is 0 Å². The summed E-state index contributed by atoms with van der Waals surface area (Å²) in [7, 11) is 0. The van der Waals surface area contributed by atoms with Gasteiger partial charge in [0.1, 0.15) is 0 Å². The maximum atomic E-state index is 5.38. The van der Waals surface area contributed by atoms with Crippen LogP contribution in [0.1, 0.15) is 47.0 Å². The maximum absolute atomic E-state index is 5.38. The maximum Gasteiger partial charge on any atom is 0.0223 e. The van der Waals surface area contributed by atoms with Crippen molar-refractivity contribution in [1.29, 1.82) is 0 Å². The van der Waals surface area contributed by atoms with Gasteiger partial charge in [-0.15, -0.1) is 28.6 Å². The van der Waals surface area contributed by atoms with Crippen molar-refractivity contribution in [3.05, 3.63) is 0 Å². The minimum Gasteiger partial charge on any atom is -0.127 e. The number of hydrogen-bond donors (Lipinski definition) is 0. The third kappa shape index (κ3) is 58.3. The Balaban J connectivity index is -0.000000114. The van der Waals surface area contributed by atoms with Crippen molar-refractivity contribution < 1.29 is 0 Å². The molecule has 0 aliphatic carbocycles. The average molecular weight is 246 g/mol. The molecule has 0 spiro atoms. The summed E-state index contributed by atoms with van der Waals surface area (Å²) < 4.78 is 0. The van der Waals surface area contributed by atoms with Crippen LogP contribution >= 0.6 is 28.6 Å². The van der Waals surface area contributed by atoms with E-state index in [4.69, 9.17) is 11.6 Å². The lowest BCUT2D eigenvalue weighted by Crippen LogP contribution is -1.70. The molecule has 0 bridgehead atoms. The van der Waals surface area contributed by atoms with Crippen molar-refractivity contribution in [2.24, 2.45) is 5.92 Å². The molecule has 0 atom stereocenters. The Morgan fingerprint density at radius 3 is 1.55 bits per heavy atom. The van der Waals surface area contributed by atoms with Crippen molar-refractivity contribution in [2.75, 3.05) is 5.88 Å². The second-order valence-electron chi connectivity index (χ2n) is 3.13. The largest absolute Gasteiger partial charge is 0.127 e. The molecule has 0 fully saturated rings. The predicted octanol–water partition coefficient (Wildman–Crippen LogP) is 4.66. The molecule has 11 heavy (non-hydrogen) atoms. The Labute approximate surface area is 87.5 Å². The molecule has 0 saturated heterocycles. The van der Waals surface area contributed by atoms with Gasteiger partial charge in [0.25, 0.3) is 0 Å². The Morgan fingerprint density at radius 2 is 1.45 bits per heavy atom. The number of halogens is 2. The van der Waals surface area contributed by atoms with E-state index in [9.17, 15) is 0 Å². The molecular formula is C9H22BrCl. The molecule has 0 radical (unpaired) electrons. The second kappa shape index (κ2) is 17.0. The van der Waals surface area contributed by atoms with Gasteiger partial charge in [0.05, 0.1) is 0 Å². The average Bonchev–Trinajstić information content (AvgIpc) is 1.82. The number of rotatable bonds is 3. The van der Waals surface area contributed by atoms with Crippen LogP contribution in [0.2, 0.25) is 0 Å². The van der Waals surface area contributed by atoms with Crippen molar-refractivity contribution in [2.45, 2.75) is 47.0 Å². The van der Waals surface area contributed by atoms with Gasteiger partial charge in [-0.1, -0.05) is 40.5 Å². The summed E-state index contributed by atoms with van der Waals surface area (Å²) in [5.41, 5.74) is 0. The van der Waals surface area contributed by atoms with Crippen molar-refractivity contribution >= 4 is 28.6 Å². The quantitative estimate of drug-likeness (QED) is 0.501. The van der Waals surface area contributed by atoms with Crippen molar-refractivity contribution in [1.82, 2.24) is 0 Å². The molecule has 0 nitrogen and oxygen atoms in total. The van der Waals surface area contributed by atoms with E-state index in [0.717, 1.165) is 11.8 Å². The summed E-state index contributed by atoms with van der Waals surface area (Å²) in [6.07, 6.45) is 3.73. The van der Waals surface area contributed by atoms with Crippen LogP contribution < -0.4 is 0 Å². The van der Waals surface area contributed by atoms with Gasteiger partial charge in [-0.3, -0.25) is 0 Å².